The minimum absolute atomic E-state index is 0.0990. The Morgan fingerprint density at radius 1 is 1.33 bits per heavy atom. The fourth-order valence-electron chi connectivity index (χ4n) is 2.53. The van der Waals surface area contributed by atoms with Gasteiger partial charge in [0.2, 0.25) is 0 Å². The van der Waals surface area contributed by atoms with E-state index in [9.17, 15) is 5.11 Å². The third-order valence-corrected chi connectivity index (χ3v) is 4.80. The van der Waals surface area contributed by atoms with Gasteiger partial charge in [-0.3, -0.25) is 4.98 Å². The van der Waals surface area contributed by atoms with Crippen LogP contribution >= 0.6 is 31.9 Å². The second kappa shape index (κ2) is 6.46. The highest BCUT2D eigenvalue weighted by molar-refractivity contribution is 9.11. The van der Waals surface area contributed by atoms with E-state index in [-0.39, 0.29) is 12.0 Å². The maximum atomic E-state index is 9.53. The lowest BCUT2D eigenvalue weighted by Crippen LogP contribution is -2.35. The molecule has 1 heterocycles. The molecule has 0 radical (unpaired) electrons. The Morgan fingerprint density at radius 2 is 2.06 bits per heavy atom. The molecule has 1 fully saturated rings. The SMILES string of the molecule is OCC1(CNCc2ncc(Br)cc2Br)CCCC1. The molecule has 3 nitrogen and oxygen atoms in total. The van der Waals surface area contributed by atoms with Gasteiger partial charge < -0.3 is 10.4 Å². The number of hydrogen-bond donors (Lipinski definition) is 2. The van der Waals surface area contributed by atoms with Crippen LogP contribution in [0.1, 0.15) is 31.4 Å². The average Bonchev–Trinajstić information content (AvgIpc) is 2.81. The van der Waals surface area contributed by atoms with E-state index in [1.807, 2.05) is 6.07 Å². The van der Waals surface area contributed by atoms with Crippen molar-refractivity contribution in [2.45, 2.75) is 32.2 Å². The van der Waals surface area contributed by atoms with E-state index in [0.717, 1.165) is 40.6 Å². The molecule has 0 atom stereocenters. The van der Waals surface area contributed by atoms with Crippen LogP contribution in [0.2, 0.25) is 0 Å². The first-order valence-corrected chi connectivity index (χ1v) is 7.85. The number of aliphatic hydroxyl groups is 1. The highest BCUT2D eigenvalue weighted by Gasteiger charge is 2.32. The molecule has 1 aliphatic carbocycles. The van der Waals surface area contributed by atoms with E-state index >= 15 is 0 Å². The molecule has 0 spiro atoms. The smallest absolute Gasteiger partial charge is 0.0684 e. The van der Waals surface area contributed by atoms with Gasteiger partial charge in [-0.25, -0.2) is 0 Å². The highest BCUT2D eigenvalue weighted by Crippen LogP contribution is 2.36. The first kappa shape index (κ1) is 14.4. The van der Waals surface area contributed by atoms with Crippen molar-refractivity contribution < 1.29 is 5.11 Å². The minimum Gasteiger partial charge on any atom is -0.396 e. The summed E-state index contributed by atoms with van der Waals surface area (Å²) < 4.78 is 1.98. The molecule has 0 aliphatic heterocycles. The third kappa shape index (κ3) is 3.53. The van der Waals surface area contributed by atoms with Gasteiger partial charge in [0.15, 0.2) is 0 Å². The molecule has 100 valence electrons. The lowest BCUT2D eigenvalue weighted by molar-refractivity contribution is 0.128. The first-order valence-electron chi connectivity index (χ1n) is 6.27. The number of aromatic nitrogens is 1. The number of hydrogen-bond acceptors (Lipinski definition) is 3. The van der Waals surface area contributed by atoms with Gasteiger partial charge in [0.05, 0.1) is 5.69 Å². The number of rotatable bonds is 5. The number of nitrogens with one attached hydrogen (secondary N) is 1. The molecule has 2 N–H and O–H groups in total. The van der Waals surface area contributed by atoms with Crippen molar-refractivity contribution >= 4 is 31.9 Å². The van der Waals surface area contributed by atoms with Gasteiger partial charge in [-0.05, 0) is 50.8 Å². The molecule has 0 aromatic carbocycles. The molecule has 0 unspecified atom stereocenters. The van der Waals surface area contributed by atoms with E-state index in [1.165, 1.54) is 12.8 Å². The number of nitrogens with zero attached hydrogens (tertiary/aromatic N) is 1. The largest absolute Gasteiger partial charge is 0.396 e. The van der Waals surface area contributed by atoms with E-state index in [4.69, 9.17) is 0 Å². The van der Waals surface area contributed by atoms with Gasteiger partial charge >= 0.3 is 0 Å². The van der Waals surface area contributed by atoms with Gasteiger partial charge in [-0.1, -0.05) is 12.8 Å². The highest BCUT2D eigenvalue weighted by atomic mass is 79.9. The summed E-state index contributed by atoms with van der Waals surface area (Å²) in [5, 5.41) is 13.0. The van der Waals surface area contributed by atoms with E-state index < -0.39 is 0 Å². The quantitative estimate of drug-likeness (QED) is 0.827. The predicted octanol–water partition coefficient (Wildman–Crippen LogP) is 3.25. The molecule has 2 rings (SSSR count). The zero-order chi connectivity index (χ0) is 13.0. The minimum atomic E-state index is 0.0990. The second-order valence-corrected chi connectivity index (χ2v) is 6.82. The predicted molar refractivity (Wildman–Crippen MR) is 79.3 cm³/mol. The molecule has 1 saturated carbocycles. The number of aliphatic hydroxyl groups excluding tert-OH is 1. The van der Waals surface area contributed by atoms with Gasteiger partial charge in [-0.2, -0.15) is 0 Å². The molecule has 1 aliphatic rings. The standard InChI is InChI=1S/C13H18Br2N2O/c14-10-5-11(15)12(17-6-10)7-16-8-13(9-18)3-1-2-4-13/h5-6,16,18H,1-4,7-9H2. The van der Waals surface area contributed by atoms with Crippen LogP contribution in [0, 0.1) is 5.41 Å². The van der Waals surface area contributed by atoms with E-state index in [1.54, 1.807) is 6.20 Å². The normalized spacial score (nSPS) is 18.2. The summed E-state index contributed by atoms with van der Waals surface area (Å²) in [6, 6.07) is 2.00. The van der Waals surface area contributed by atoms with Crippen LogP contribution in [0.4, 0.5) is 0 Å². The van der Waals surface area contributed by atoms with Crippen molar-refractivity contribution in [3.63, 3.8) is 0 Å². The summed E-state index contributed by atoms with van der Waals surface area (Å²) in [5.41, 5.74) is 1.10. The number of pyridine rings is 1. The fraction of sp³-hybridized carbons (Fsp3) is 0.615. The second-order valence-electron chi connectivity index (χ2n) is 5.05. The van der Waals surface area contributed by atoms with Crippen molar-refractivity contribution in [2.75, 3.05) is 13.2 Å². The van der Waals surface area contributed by atoms with Crippen LogP contribution in [0.25, 0.3) is 0 Å². The summed E-state index contributed by atoms with van der Waals surface area (Å²) in [4.78, 5) is 4.37. The zero-order valence-electron chi connectivity index (χ0n) is 10.3. The lowest BCUT2D eigenvalue weighted by atomic mass is 9.87. The monoisotopic (exact) mass is 376 g/mol. The Balaban J connectivity index is 1.88. The van der Waals surface area contributed by atoms with E-state index in [0.29, 0.717) is 0 Å². The summed E-state index contributed by atoms with van der Waals surface area (Å²) in [7, 11) is 0. The molecule has 0 amide bonds. The Hall–Kier alpha value is 0.0300. The molecule has 0 bridgehead atoms. The topological polar surface area (TPSA) is 45.1 Å². The zero-order valence-corrected chi connectivity index (χ0v) is 13.4. The van der Waals surface area contributed by atoms with Gasteiger partial charge in [0.25, 0.3) is 0 Å². The molecule has 5 heteroatoms. The third-order valence-electron chi connectivity index (χ3n) is 3.68. The van der Waals surface area contributed by atoms with Gasteiger partial charge in [-0.15, -0.1) is 0 Å². The Kier molecular flexibility index (Phi) is 5.18. The van der Waals surface area contributed by atoms with Crippen molar-refractivity contribution in [1.82, 2.24) is 10.3 Å². The first-order chi connectivity index (χ1) is 8.65. The average molecular weight is 378 g/mol. The summed E-state index contributed by atoms with van der Waals surface area (Å²) in [5.74, 6) is 0. The summed E-state index contributed by atoms with van der Waals surface area (Å²) in [6.07, 6.45) is 6.54. The molecule has 1 aromatic heterocycles. The maximum absolute atomic E-state index is 9.53. The summed E-state index contributed by atoms with van der Waals surface area (Å²) >= 11 is 6.90. The van der Waals surface area contributed by atoms with Crippen molar-refractivity contribution in [1.29, 1.82) is 0 Å². The van der Waals surface area contributed by atoms with Gasteiger partial charge in [0, 0.05) is 40.3 Å². The molecule has 0 saturated heterocycles. The van der Waals surface area contributed by atoms with Crippen molar-refractivity contribution in [3.8, 4) is 0 Å². The Labute approximate surface area is 125 Å². The Bertz CT molecular complexity index is 406. The van der Waals surface area contributed by atoms with Crippen LogP contribution in [0.5, 0.6) is 0 Å². The molecular weight excluding hydrogens is 360 g/mol. The Morgan fingerprint density at radius 3 is 2.67 bits per heavy atom. The van der Waals surface area contributed by atoms with Crippen LogP contribution in [-0.2, 0) is 6.54 Å². The molecular formula is C13H18Br2N2O. The molecule has 1 aromatic rings. The van der Waals surface area contributed by atoms with Gasteiger partial charge in [0.1, 0.15) is 0 Å². The van der Waals surface area contributed by atoms with Crippen molar-refractivity contribution in [3.05, 3.63) is 26.9 Å². The van der Waals surface area contributed by atoms with Crippen molar-refractivity contribution in [2.24, 2.45) is 5.41 Å². The lowest BCUT2D eigenvalue weighted by Gasteiger charge is -2.26. The number of halogens is 2. The summed E-state index contributed by atoms with van der Waals surface area (Å²) in [6.45, 7) is 1.89. The van der Waals surface area contributed by atoms with Crippen LogP contribution in [0.15, 0.2) is 21.2 Å². The maximum Gasteiger partial charge on any atom is 0.0684 e. The van der Waals surface area contributed by atoms with E-state index in [2.05, 4.69) is 42.2 Å². The molecule has 18 heavy (non-hydrogen) atoms. The van der Waals surface area contributed by atoms with Crippen LogP contribution < -0.4 is 5.32 Å². The fourth-order valence-corrected chi connectivity index (χ4v) is 3.66. The van der Waals surface area contributed by atoms with Crippen LogP contribution in [0.3, 0.4) is 0 Å². The van der Waals surface area contributed by atoms with Crippen LogP contribution in [-0.4, -0.2) is 23.2 Å².